The highest BCUT2D eigenvalue weighted by atomic mass is 16.3. The molecule has 4 fully saturated rings. The summed E-state index contributed by atoms with van der Waals surface area (Å²) in [5, 5.41) is 42.6. The average Bonchev–Trinajstić information content (AvgIpc) is 3.08. The van der Waals surface area contributed by atoms with Gasteiger partial charge < -0.3 is 20.4 Å². The van der Waals surface area contributed by atoms with Crippen LogP contribution >= 0.6 is 0 Å². The van der Waals surface area contributed by atoms with Gasteiger partial charge in [-0.15, -0.1) is 0 Å². The summed E-state index contributed by atoms with van der Waals surface area (Å²) in [7, 11) is 0. The van der Waals surface area contributed by atoms with Crippen LogP contribution in [0.2, 0.25) is 0 Å². The molecule has 4 aliphatic carbocycles. The number of fused-ring (bicyclic) bond motifs is 5. The molecule has 31 heavy (non-hydrogen) atoms. The quantitative estimate of drug-likeness (QED) is 0.498. The van der Waals surface area contributed by atoms with Crippen LogP contribution in [0.25, 0.3) is 0 Å². The summed E-state index contributed by atoms with van der Waals surface area (Å²) < 4.78 is 0. The lowest BCUT2D eigenvalue weighted by Crippen LogP contribution is -2.62. The summed E-state index contributed by atoms with van der Waals surface area (Å²) in [5.41, 5.74) is 0.0527. The number of hydrogen-bond donors (Lipinski definition) is 4. The molecule has 0 aliphatic heterocycles. The third-order valence-electron chi connectivity index (χ3n) is 11.2. The molecular formula is C27H48O4. The molecule has 0 aromatic rings. The molecule has 4 aliphatic rings. The second kappa shape index (κ2) is 8.89. The SMILES string of the molecule is C[C@@H](CO)CCC[C@@H](C)[C@H]1CC[C@@H]2[C@@H]3[C@H](O)C[C@@H]4C[C@H](O)CC[C@@]4(C)[C@H]3C[C@H](O)[C@@]21C. The first-order valence-corrected chi connectivity index (χ1v) is 13.3. The van der Waals surface area contributed by atoms with E-state index in [1.807, 2.05) is 0 Å². The summed E-state index contributed by atoms with van der Waals surface area (Å²) >= 11 is 0. The molecule has 4 N–H and O–H groups in total. The molecule has 0 amide bonds. The van der Waals surface area contributed by atoms with E-state index in [9.17, 15) is 20.4 Å². The van der Waals surface area contributed by atoms with E-state index in [2.05, 4.69) is 27.7 Å². The summed E-state index contributed by atoms with van der Waals surface area (Å²) in [4.78, 5) is 0. The Labute approximate surface area is 189 Å². The van der Waals surface area contributed by atoms with Crippen molar-refractivity contribution in [3.05, 3.63) is 0 Å². The van der Waals surface area contributed by atoms with Crippen molar-refractivity contribution in [3.8, 4) is 0 Å². The van der Waals surface area contributed by atoms with Crippen LogP contribution in [0.3, 0.4) is 0 Å². The predicted molar refractivity (Wildman–Crippen MR) is 123 cm³/mol. The van der Waals surface area contributed by atoms with E-state index in [1.54, 1.807) is 0 Å². The maximum atomic E-state index is 11.6. The van der Waals surface area contributed by atoms with Crippen molar-refractivity contribution in [1.29, 1.82) is 0 Å². The van der Waals surface area contributed by atoms with Crippen LogP contribution in [0.5, 0.6) is 0 Å². The Kier molecular flexibility index (Phi) is 6.88. The van der Waals surface area contributed by atoms with Gasteiger partial charge in [0.15, 0.2) is 0 Å². The Balaban J connectivity index is 1.52. The van der Waals surface area contributed by atoms with Crippen molar-refractivity contribution < 1.29 is 20.4 Å². The predicted octanol–water partition coefficient (Wildman–Crippen LogP) is 4.38. The zero-order valence-electron chi connectivity index (χ0n) is 20.3. The molecule has 0 saturated heterocycles. The van der Waals surface area contributed by atoms with Gasteiger partial charge in [0.25, 0.3) is 0 Å². The van der Waals surface area contributed by atoms with Crippen molar-refractivity contribution in [1.82, 2.24) is 0 Å². The topological polar surface area (TPSA) is 80.9 Å². The average molecular weight is 437 g/mol. The van der Waals surface area contributed by atoms with Crippen LogP contribution in [0, 0.1) is 52.3 Å². The van der Waals surface area contributed by atoms with Gasteiger partial charge in [-0.25, -0.2) is 0 Å². The van der Waals surface area contributed by atoms with Crippen LogP contribution < -0.4 is 0 Å². The fraction of sp³-hybridized carbons (Fsp3) is 1.00. The summed E-state index contributed by atoms with van der Waals surface area (Å²) in [5.74, 6) is 2.93. The second-order valence-electron chi connectivity index (χ2n) is 12.7. The molecule has 0 aromatic heterocycles. The highest BCUT2D eigenvalue weighted by Gasteiger charge is 2.65. The van der Waals surface area contributed by atoms with Crippen LogP contribution in [0.1, 0.15) is 91.9 Å². The molecule has 0 radical (unpaired) electrons. The molecule has 4 heteroatoms. The Hall–Kier alpha value is -0.160. The minimum absolute atomic E-state index is 0.0957. The van der Waals surface area contributed by atoms with Gasteiger partial charge in [-0.1, -0.05) is 40.5 Å². The number of hydrogen-bond acceptors (Lipinski definition) is 4. The van der Waals surface area contributed by atoms with Gasteiger partial charge >= 0.3 is 0 Å². The summed E-state index contributed by atoms with van der Waals surface area (Å²) in [6.07, 6.45) is 9.27. The summed E-state index contributed by atoms with van der Waals surface area (Å²) in [6, 6.07) is 0. The van der Waals surface area contributed by atoms with E-state index < -0.39 is 0 Å². The normalized spacial score (nSPS) is 51.5. The smallest absolute Gasteiger partial charge is 0.0602 e. The molecule has 180 valence electrons. The van der Waals surface area contributed by atoms with Crippen LogP contribution in [0.15, 0.2) is 0 Å². The van der Waals surface area contributed by atoms with Gasteiger partial charge in [0.2, 0.25) is 0 Å². The maximum absolute atomic E-state index is 11.6. The van der Waals surface area contributed by atoms with Gasteiger partial charge in [-0.05, 0) is 104 Å². The van der Waals surface area contributed by atoms with Crippen LogP contribution in [-0.2, 0) is 0 Å². The lowest BCUT2D eigenvalue weighted by atomic mass is 9.43. The lowest BCUT2D eigenvalue weighted by Gasteiger charge is -2.63. The fourth-order valence-corrected chi connectivity index (χ4v) is 9.21. The monoisotopic (exact) mass is 436 g/mol. The molecule has 0 heterocycles. The van der Waals surface area contributed by atoms with Crippen LogP contribution in [-0.4, -0.2) is 45.3 Å². The van der Waals surface area contributed by atoms with Gasteiger partial charge in [-0.2, -0.15) is 0 Å². The Morgan fingerprint density at radius 3 is 2.35 bits per heavy atom. The minimum Gasteiger partial charge on any atom is -0.396 e. The zero-order valence-corrected chi connectivity index (χ0v) is 20.3. The number of rotatable bonds is 6. The van der Waals surface area contributed by atoms with Crippen LogP contribution in [0.4, 0.5) is 0 Å². The van der Waals surface area contributed by atoms with E-state index in [4.69, 9.17) is 0 Å². The molecule has 0 unspecified atom stereocenters. The first kappa shape index (κ1) is 24.0. The first-order chi connectivity index (χ1) is 14.6. The van der Waals surface area contributed by atoms with Gasteiger partial charge in [-0.3, -0.25) is 0 Å². The molecule has 4 saturated carbocycles. The molecule has 0 bridgehead atoms. The fourth-order valence-electron chi connectivity index (χ4n) is 9.21. The van der Waals surface area contributed by atoms with Gasteiger partial charge in [0.1, 0.15) is 0 Å². The Morgan fingerprint density at radius 1 is 0.903 bits per heavy atom. The maximum Gasteiger partial charge on any atom is 0.0602 e. The third-order valence-corrected chi connectivity index (χ3v) is 11.2. The van der Waals surface area contributed by atoms with Crippen molar-refractivity contribution in [3.63, 3.8) is 0 Å². The van der Waals surface area contributed by atoms with Crippen molar-refractivity contribution in [2.45, 2.75) is 110 Å². The van der Waals surface area contributed by atoms with Gasteiger partial charge in [0.05, 0.1) is 18.3 Å². The molecule has 4 rings (SSSR count). The van der Waals surface area contributed by atoms with E-state index >= 15 is 0 Å². The van der Waals surface area contributed by atoms with Gasteiger partial charge in [0, 0.05) is 6.61 Å². The second-order valence-corrected chi connectivity index (χ2v) is 12.7. The number of aliphatic hydroxyl groups is 4. The molecule has 0 spiro atoms. The largest absolute Gasteiger partial charge is 0.396 e. The third kappa shape index (κ3) is 3.92. The molecule has 0 aromatic carbocycles. The molecular weight excluding hydrogens is 388 g/mol. The standard InChI is InChI=1S/C27H48O4/c1-16(15-28)6-5-7-17(2)20-8-9-21-25-22(14-24(31)27(20,21)4)26(3)11-10-19(29)12-18(26)13-23(25)30/h16-25,28-31H,5-15H2,1-4H3/t16-,17-,18+,19-,20-,21-,22+,23-,24+,25+,26-,27-/m1/s1. The first-order valence-electron chi connectivity index (χ1n) is 13.3. The molecule has 12 atom stereocenters. The molecule has 4 nitrogen and oxygen atoms in total. The highest BCUT2D eigenvalue weighted by Crippen LogP contribution is 2.68. The van der Waals surface area contributed by atoms with E-state index in [0.29, 0.717) is 41.4 Å². The van der Waals surface area contributed by atoms with E-state index in [0.717, 1.165) is 51.4 Å². The van der Waals surface area contributed by atoms with Crippen molar-refractivity contribution in [2.24, 2.45) is 52.3 Å². The Morgan fingerprint density at radius 2 is 1.65 bits per heavy atom. The van der Waals surface area contributed by atoms with E-state index in [-0.39, 0.29) is 35.7 Å². The lowest BCUT2D eigenvalue weighted by molar-refractivity contribution is -0.207. The number of aliphatic hydroxyl groups excluding tert-OH is 4. The van der Waals surface area contributed by atoms with Crippen molar-refractivity contribution >= 4 is 0 Å². The highest BCUT2D eigenvalue weighted by molar-refractivity contribution is 5.14. The van der Waals surface area contributed by atoms with E-state index in [1.165, 1.54) is 12.8 Å². The summed E-state index contributed by atoms with van der Waals surface area (Å²) in [6.45, 7) is 9.51. The Bertz CT molecular complexity index is 624. The zero-order chi connectivity index (χ0) is 22.6. The van der Waals surface area contributed by atoms with Crippen molar-refractivity contribution in [2.75, 3.05) is 6.61 Å². The minimum atomic E-state index is -0.292.